The number of carbonyl (C=O) groups is 1. The molecule has 1 nitrogen and oxygen atoms in total. The van der Waals surface area contributed by atoms with Crippen LogP contribution in [0.25, 0.3) is 0 Å². The van der Waals surface area contributed by atoms with Crippen molar-refractivity contribution in [1.29, 1.82) is 0 Å². The summed E-state index contributed by atoms with van der Waals surface area (Å²) in [6.07, 6.45) is 2.29. The number of halogens is 2. The van der Waals surface area contributed by atoms with Crippen LogP contribution >= 0.6 is 27.5 Å². The predicted molar refractivity (Wildman–Crippen MR) is 71.9 cm³/mol. The summed E-state index contributed by atoms with van der Waals surface area (Å²) in [6, 6.07) is 5.75. The van der Waals surface area contributed by atoms with E-state index in [4.69, 9.17) is 11.6 Å². The van der Waals surface area contributed by atoms with Crippen LogP contribution in [0.3, 0.4) is 0 Å². The first-order valence-electron chi connectivity index (χ1n) is 5.51. The normalized spacial score (nSPS) is 12.5. The summed E-state index contributed by atoms with van der Waals surface area (Å²) >= 11 is 9.50. The first-order valence-corrected chi connectivity index (χ1v) is 6.68. The Morgan fingerprint density at radius 2 is 2.19 bits per heavy atom. The van der Waals surface area contributed by atoms with Gasteiger partial charge < -0.3 is 0 Å². The van der Waals surface area contributed by atoms with Crippen molar-refractivity contribution in [2.45, 2.75) is 33.1 Å². The molecule has 1 rings (SSSR count). The largest absolute Gasteiger partial charge is 0.299 e. The molecule has 0 saturated heterocycles. The van der Waals surface area contributed by atoms with Gasteiger partial charge in [-0.2, -0.15) is 0 Å². The van der Waals surface area contributed by atoms with Crippen LogP contribution in [0.5, 0.6) is 0 Å². The highest BCUT2D eigenvalue weighted by Gasteiger charge is 2.14. The zero-order chi connectivity index (χ0) is 12.1. The van der Waals surface area contributed by atoms with E-state index >= 15 is 0 Å². The summed E-state index contributed by atoms with van der Waals surface area (Å²) in [4.78, 5) is 11.7. The van der Waals surface area contributed by atoms with Gasteiger partial charge in [0.2, 0.25) is 0 Å². The van der Waals surface area contributed by atoms with Gasteiger partial charge in [0.15, 0.2) is 0 Å². The van der Waals surface area contributed by atoms with Crippen LogP contribution in [0, 0.1) is 5.92 Å². The number of Topliss-reactive ketones (excluding diaryl/α,β-unsaturated/α-hetero) is 1. The molecule has 0 radical (unpaired) electrons. The second-order valence-corrected chi connectivity index (χ2v) is 5.38. The van der Waals surface area contributed by atoms with Crippen LogP contribution in [0.2, 0.25) is 5.02 Å². The van der Waals surface area contributed by atoms with Crippen LogP contribution in [-0.2, 0) is 11.2 Å². The van der Waals surface area contributed by atoms with E-state index in [9.17, 15) is 4.79 Å². The maximum atomic E-state index is 11.7. The lowest BCUT2D eigenvalue weighted by Gasteiger charge is -2.11. The van der Waals surface area contributed by atoms with E-state index in [0.717, 1.165) is 27.9 Å². The predicted octanol–water partition coefficient (Wildman–Crippen LogP) is 4.65. The number of hydrogen-bond acceptors (Lipinski definition) is 1. The van der Waals surface area contributed by atoms with Crippen molar-refractivity contribution in [2.75, 3.05) is 0 Å². The van der Waals surface area contributed by atoms with E-state index in [1.54, 1.807) is 0 Å². The molecule has 0 bridgehead atoms. The van der Waals surface area contributed by atoms with Crippen molar-refractivity contribution in [1.82, 2.24) is 0 Å². The summed E-state index contributed by atoms with van der Waals surface area (Å²) < 4.78 is 1.00. The Morgan fingerprint density at radius 3 is 2.81 bits per heavy atom. The minimum absolute atomic E-state index is 0.0479. The molecule has 1 unspecified atom stereocenters. The molecule has 0 N–H and O–H groups in total. The van der Waals surface area contributed by atoms with Gasteiger partial charge in [-0.15, -0.1) is 0 Å². The number of hydrogen-bond donors (Lipinski definition) is 0. The van der Waals surface area contributed by atoms with Gasteiger partial charge in [-0.1, -0.05) is 41.4 Å². The van der Waals surface area contributed by atoms with Gasteiger partial charge in [-0.25, -0.2) is 0 Å². The molecule has 3 heteroatoms. The Hall–Kier alpha value is -0.340. The van der Waals surface area contributed by atoms with Crippen molar-refractivity contribution in [3.05, 3.63) is 33.3 Å². The Kier molecular flexibility index (Phi) is 5.50. The minimum Gasteiger partial charge on any atom is -0.299 e. The molecule has 0 aromatic heterocycles. The molecular weight excluding hydrogens is 287 g/mol. The third-order valence-electron chi connectivity index (χ3n) is 2.58. The summed E-state index contributed by atoms with van der Waals surface area (Å²) in [5.74, 6) is 0.366. The average molecular weight is 304 g/mol. The molecule has 0 fully saturated rings. The lowest BCUT2D eigenvalue weighted by Crippen LogP contribution is -2.13. The second kappa shape index (κ2) is 6.41. The third-order valence-corrected chi connectivity index (χ3v) is 3.44. The van der Waals surface area contributed by atoms with E-state index in [0.29, 0.717) is 12.2 Å². The van der Waals surface area contributed by atoms with Crippen LogP contribution in [-0.4, -0.2) is 5.78 Å². The molecule has 1 aromatic carbocycles. The Bertz CT molecular complexity index is 376. The van der Waals surface area contributed by atoms with Crippen LogP contribution < -0.4 is 0 Å². The Labute approximate surface area is 110 Å². The molecule has 0 amide bonds. The number of benzene rings is 1. The van der Waals surface area contributed by atoms with Crippen LogP contribution in [0.15, 0.2) is 22.7 Å². The molecule has 0 saturated carbocycles. The van der Waals surface area contributed by atoms with Gasteiger partial charge in [0, 0.05) is 21.8 Å². The second-order valence-electron chi connectivity index (χ2n) is 4.06. The molecule has 0 aliphatic carbocycles. The molecule has 0 heterocycles. The first-order chi connectivity index (χ1) is 7.54. The fourth-order valence-electron chi connectivity index (χ4n) is 1.64. The molecule has 1 atom stereocenters. The summed E-state index contributed by atoms with van der Waals surface area (Å²) in [7, 11) is 0. The van der Waals surface area contributed by atoms with Gasteiger partial charge >= 0.3 is 0 Å². The zero-order valence-corrected chi connectivity index (χ0v) is 11.9. The topological polar surface area (TPSA) is 17.1 Å². The number of carbonyl (C=O) groups excluding carboxylic acids is 1. The Balaban J connectivity index is 2.72. The lowest BCUT2D eigenvalue weighted by atomic mass is 9.95. The maximum Gasteiger partial charge on any atom is 0.136 e. The van der Waals surface area contributed by atoms with Gasteiger partial charge in [0.1, 0.15) is 5.78 Å². The van der Waals surface area contributed by atoms with E-state index in [1.165, 1.54) is 0 Å². The first kappa shape index (κ1) is 13.7. The van der Waals surface area contributed by atoms with Crippen LogP contribution in [0.4, 0.5) is 0 Å². The lowest BCUT2D eigenvalue weighted by molar-refractivity contribution is -0.122. The van der Waals surface area contributed by atoms with Crippen LogP contribution in [0.1, 0.15) is 32.3 Å². The minimum atomic E-state index is 0.0479. The van der Waals surface area contributed by atoms with Gasteiger partial charge in [0.25, 0.3) is 0 Å². The molecule has 0 aliphatic heterocycles. The monoisotopic (exact) mass is 302 g/mol. The van der Waals surface area contributed by atoms with Crippen molar-refractivity contribution in [3.8, 4) is 0 Å². The number of rotatable bonds is 5. The van der Waals surface area contributed by atoms with Gasteiger partial charge in [-0.3, -0.25) is 4.79 Å². The highest BCUT2D eigenvalue weighted by Crippen LogP contribution is 2.24. The number of ketones is 1. The molecule has 0 aliphatic rings. The van der Waals surface area contributed by atoms with E-state index in [-0.39, 0.29) is 5.92 Å². The maximum absolute atomic E-state index is 11.7. The van der Waals surface area contributed by atoms with Gasteiger partial charge in [0.05, 0.1) is 0 Å². The summed E-state index contributed by atoms with van der Waals surface area (Å²) in [6.45, 7) is 3.99. The quantitative estimate of drug-likeness (QED) is 0.774. The third kappa shape index (κ3) is 3.91. The molecular formula is C13H16BrClO. The smallest absolute Gasteiger partial charge is 0.136 e. The summed E-state index contributed by atoms with van der Waals surface area (Å²) in [5.41, 5.74) is 1.04. The van der Waals surface area contributed by atoms with E-state index < -0.39 is 0 Å². The fourth-order valence-corrected chi connectivity index (χ4v) is 2.24. The fraction of sp³-hybridized carbons (Fsp3) is 0.462. The molecule has 88 valence electrons. The highest BCUT2D eigenvalue weighted by atomic mass is 79.9. The van der Waals surface area contributed by atoms with E-state index in [2.05, 4.69) is 15.9 Å². The van der Waals surface area contributed by atoms with Crippen molar-refractivity contribution in [3.63, 3.8) is 0 Å². The molecule has 16 heavy (non-hydrogen) atoms. The van der Waals surface area contributed by atoms with Gasteiger partial charge in [-0.05, 0) is 36.6 Å². The highest BCUT2D eigenvalue weighted by molar-refractivity contribution is 9.10. The summed E-state index contributed by atoms with van der Waals surface area (Å²) in [5, 5.41) is 0.736. The van der Waals surface area contributed by atoms with E-state index in [1.807, 2.05) is 32.0 Å². The standard InChI is InChI=1S/C13H16BrClO/c1-3-4-13(16)9(2)7-10-8-11(14)5-6-12(10)15/h5-6,8-9H,3-4,7H2,1-2H3. The Morgan fingerprint density at radius 1 is 1.50 bits per heavy atom. The van der Waals surface area contributed by atoms with Crippen molar-refractivity contribution in [2.24, 2.45) is 5.92 Å². The van der Waals surface area contributed by atoms with Crippen molar-refractivity contribution < 1.29 is 4.79 Å². The molecule has 1 aromatic rings. The average Bonchev–Trinajstić information content (AvgIpc) is 2.23. The zero-order valence-electron chi connectivity index (χ0n) is 9.59. The SMILES string of the molecule is CCCC(=O)C(C)Cc1cc(Br)ccc1Cl. The molecule has 0 spiro atoms. The van der Waals surface area contributed by atoms with Crippen molar-refractivity contribution >= 4 is 33.3 Å².